The normalized spacial score (nSPS) is 20.3. The molecule has 0 saturated heterocycles. The molecule has 0 bridgehead atoms. The highest BCUT2D eigenvalue weighted by molar-refractivity contribution is 14.0. The highest BCUT2D eigenvalue weighted by Crippen LogP contribution is 2.49. The van der Waals surface area contributed by atoms with Crippen LogP contribution in [0, 0.1) is 6.92 Å². The molecule has 4 rings (SSSR count). The molecular weight excluding hydrogens is 437 g/mol. The van der Waals surface area contributed by atoms with E-state index in [4.69, 9.17) is 10.5 Å². The van der Waals surface area contributed by atoms with Gasteiger partial charge < -0.3 is 15.8 Å². The predicted octanol–water partition coefficient (Wildman–Crippen LogP) is 4.07. The van der Waals surface area contributed by atoms with Gasteiger partial charge in [-0.05, 0) is 37.0 Å². The topological polar surface area (TPSA) is 59.6 Å². The number of aliphatic imine (C=N–C) groups is 1. The van der Waals surface area contributed by atoms with Crippen molar-refractivity contribution in [3.63, 3.8) is 0 Å². The highest BCUT2D eigenvalue weighted by atomic mass is 127. The summed E-state index contributed by atoms with van der Waals surface area (Å²) in [5.74, 6) is 1.47. The number of hydrogen-bond acceptors (Lipinski definition) is 2. The summed E-state index contributed by atoms with van der Waals surface area (Å²) < 4.78 is 5.71. The number of rotatable bonds is 4. The smallest absolute Gasteiger partial charge is 0.189 e. The molecule has 1 saturated carbocycles. The van der Waals surface area contributed by atoms with Crippen molar-refractivity contribution >= 4 is 29.9 Å². The first-order valence-electron chi connectivity index (χ1n) is 9.02. The van der Waals surface area contributed by atoms with Crippen molar-refractivity contribution in [3.8, 4) is 5.75 Å². The number of ether oxygens (including phenoxy) is 1. The molecule has 0 aromatic heterocycles. The largest absolute Gasteiger partial charge is 0.493 e. The van der Waals surface area contributed by atoms with Gasteiger partial charge in [-0.2, -0.15) is 0 Å². The van der Waals surface area contributed by atoms with Crippen LogP contribution in [0.3, 0.4) is 0 Å². The summed E-state index contributed by atoms with van der Waals surface area (Å²) >= 11 is 0. The molecule has 1 aliphatic carbocycles. The Kier molecular flexibility index (Phi) is 5.75. The second kappa shape index (κ2) is 7.86. The molecule has 26 heavy (non-hydrogen) atoms. The molecule has 1 aliphatic heterocycles. The summed E-state index contributed by atoms with van der Waals surface area (Å²) in [5.41, 5.74) is 10.3. The van der Waals surface area contributed by atoms with E-state index in [0.717, 1.165) is 24.3 Å². The minimum atomic E-state index is 0. The van der Waals surface area contributed by atoms with E-state index in [1.807, 2.05) is 18.2 Å². The molecule has 2 aliphatic rings. The number of nitrogens with zero attached hydrogens (tertiary/aromatic N) is 1. The lowest BCUT2D eigenvalue weighted by atomic mass is 9.92. The fourth-order valence-corrected chi connectivity index (χ4v) is 3.78. The number of guanidine groups is 1. The monoisotopic (exact) mass is 463 g/mol. The third-order valence-electron chi connectivity index (χ3n) is 5.40. The number of fused-ring (bicyclic) bond motifs is 1. The molecule has 1 unspecified atom stereocenters. The number of benzene rings is 2. The quantitative estimate of drug-likeness (QED) is 0.408. The maximum atomic E-state index is 6.21. The van der Waals surface area contributed by atoms with Crippen LogP contribution in [0.25, 0.3) is 0 Å². The van der Waals surface area contributed by atoms with Gasteiger partial charge in [-0.3, -0.25) is 4.99 Å². The van der Waals surface area contributed by atoms with Gasteiger partial charge in [-0.25, -0.2) is 0 Å². The number of para-hydroxylation sites is 1. The molecule has 5 heteroatoms. The van der Waals surface area contributed by atoms with Gasteiger partial charge in [0.1, 0.15) is 5.75 Å². The molecular formula is C21H26IN3O. The minimum Gasteiger partial charge on any atom is -0.493 e. The first-order chi connectivity index (χ1) is 12.2. The summed E-state index contributed by atoms with van der Waals surface area (Å²) in [6.45, 7) is 3.64. The van der Waals surface area contributed by atoms with Crippen LogP contribution in [0.1, 0.15) is 42.0 Å². The zero-order chi connectivity index (χ0) is 17.3. The maximum Gasteiger partial charge on any atom is 0.189 e. The lowest BCUT2D eigenvalue weighted by molar-refractivity contribution is 0.262. The Morgan fingerprint density at radius 3 is 2.69 bits per heavy atom. The van der Waals surface area contributed by atoms with Crippen LogP contribution in [0.5, 0.6) is 5.75 Å². The lowest BCUT2D eigenvalue weighted by Crippen LogP contribution is -2.38. The Bertz CT molecular complexity index is 801. The van der Waals surface area contributed by atoms with Crippen molar-refractivity contribution in [1.82, 2.24) is 5.32 Å². The minimum absolute atomic E-state index is 0. The van der Waals surface area contributed by atoms with Gasteiger partial charge in [-0.15, -0.1) is 24.0 Å². The van der Waals surface area contributed by atoms with E-state index in [2.05, 4.69) is 47.6 Å². The second-order valence-electron chi connectivity index (χ2n) is 7.17. The van der Waals surface area contributed by atoms with Crippen LogP contribution in [0.4, 0.5) is 0 Å². The Morgan fingerprint density at radius 2 is 1.92 bits per heavy atom. The molecule has 138 valence electrons. The molecule has 0 radical (unpaired) electrons. The van der Waals surface area contributed by atoms with Gasteiger partial charge in [0.2, 0.25) is 0 Å². The number of hydrogen-bond donors (Lipinski definition) is 2. The van der Waals surface area contributed by atoms with E-state index in [0.29, 0.717) is 12.6 Å². The standard InChI is InChI=1S/C21H25N3O.HI/c1-15-6-2-4-8-17(15)21(11-12-21)14-23-20(22)24-18-10-13-25-19-9-5-3-7-16(18)19;/h2-9,18H,10-14H2,1H3,(H3,22,23,24);1H. The van der Waals surface area contributed by atoms with Gasteiger partial charge in [0, 0.05) is 17.4 Å². The number of nitrogens with one attached hydrogen (secondary N) is 1. The molecule has 1 heterocycles. The van der Waals surface area contributed by atoms with Crippen LogP contribution < -0.4 is 15.8 Å². The first-order valence-corrected chi connectivity index (χ1v) is 9.02. The van der Waals surface area contributed by atoms with E-state index in [1.165, 1.54) is 24.0 Å². The SMILES string of the molecule is Cc1ccccc1C1(CN=C(N)NC2CCOc3ccccc32)CC1.I. The Morgan fingerprint density at radius 1 is 1.19 bits per heavy atom. The van der Waals surface area contributed by atoms with Crippen molar-refractivity contribution in [1.29, 1.82) is 0 Å². The second-order valence-corrected chi connectivity index (χ2v) is 7.17. The molecule has 0 amide bonds. The third-order valence-corrected chi connectivity index (χ3v) is 5.40. The van der Waals surface area contributed by atoms with E-state index >= 15 is 0 Å². The molecule has 2 aromatic carbocycles. The number of halogens is 1. The summed E-state index contributed by atoms with van der Waals surface area (Å²) in [4.78, 5) is 4.69. The van der Waals surface area contributed by atoms with Crippen molar-refractivity contribution in [2.75, 3.05) is 13.2 Å². The van der Waals surface area contributed by atoms with Crippen molar-refractivity contribution in [2.45, 2.75) is 37.6 Å². The van der Waals surface area contributed by atoms with Crippen molar-refractivity contribution < 1.29 is 4.74 Å². The fourth-order valence-electron chi connectivity index (χ4n) is 3.78. The van der Waals surface area contributed by atoms with Crippen LogP contribution in [0.15, 0.2) is 53.5 Å². The van der Waals surface area contributed by atoms with E-state index in [1.54, 1.807) is 0 Å². The van der Waals surface area contributed by atoms with Crippen LogP contribution in [-0.2, 0) is 5.41 Å². The molecule has 3 N–H and O–H groups in total. The van der Waals surface area contributed by atoms with Crippen LogP contribution in [0.2, 0.25) is 0 Å². The van der Waals surface area contributed by atoms with Crippen molar-refractivity contribution in [2.24, 2.45) is 10.7 Å². The van der Waals surface area contributed by atoms with Gasteiger partial charge in [-0.1, -0.05) is 42.5 Å². The van der Waals surface area contributed by atoms with E-state index in [9.17, 15) is 0 Å². The van der Waals surface area contributed by atoms with Crippen LogP contribution in [-0.4, -0.2) is 19.1 Å². The Hall–Kier alpha value is -1.76. The fraction of sp³-hybridized carbons (Fsp3) is 0.381. The van der Waals surface area contributed by atoms with Gasteiger partial charge in [0.25, 0.3) is 0 Å². The van der Waals surface area contributed by atoms with Gasteiger partial charge in [0.05, 0.1) is 19.2 Å². The van der Waals surface area contributed by atoms with Crippen molar-refractivity contribution in [3.05, 3.63) is 65.2 Å². The molecule has 4 nitrogen and oxygen atoms in total. The number of nitrogens with two attached hydrogens (primary N) is 1. The molecule has 0 spiro atoms. The summed E-state index contributed by atoms with van der Waals surface area (Å²) in [7, 11) is 0. The molecule has 1 atom stereocenters. The van der Waals surface area contributed by atoms with Gasteiger partial charge in [0.15, 0.2) is 5.96 Å². The first kappa shape index (κ1) is 19.0. The lowest BCUT2D eigenvalue weighted by Gasteiger charge is -2.27. The zero-order valence-electron chi connectivity index (χ0n) is 15.1. The van der Waals surface area contributed by atoms with Crippen LogP contribution >= 0.6 is 24.0 Å². The Balaban J connectivity index is 0.00000196. The average Bonchev–Trinajstić information content (AvgIpc) is 3.42. The molecule has 1 fully saturated rings. The molecule has 2 aromatic rings. The van der Waals surface area contributed by atoms with E-state index in [-0.39, 0.29) is 35.4 Å². The summed E-state index contributed by atoms with van der Waals surface area (Å²) in [6.07, 6.45) is 3.28. The Labute approximate surface area is 172 Å². The average molecular weight is 463 g/mol. The zero-order valence-corrected chi connectivity index (χ0v) is 17.4. The highest BCUT2D eigenvalue weighted by Gasteiger charge is 2.44. The summed E-state index contributed by atoms with van der Waals surface area (Å²) in [5, 5.41) is 3.39. The van der Waals surface area contributed by atoms with Gasteiger partial charge >= 0.3 is 0 Å². The number of aryl methyl sites for hydroxylation is 1. The van der Waals surface area contributed by atoms with E-state index < -0.39 is 0 Å². The summed E-state index contributed by atoms with van der Waals surface area (Å²) in [6, 6.07) is 16.9. The predicted molar refractivity (Wildman–Crippen MR) is 116 cm³/mol. The third kappa shape index (κ3) is 3.82. The maximum absolute atomic E-state index is 6.21.